The van der Waals surface area contributed by atoms with Gasteiger partial charge in [0.15, 0.2) is 0 Å². The number of amides is 2. The third kappa shape index (κ3) is 8.22. The zero-order valence-electron chi connectivity index (χ0n) is 13.9. The Morgan fingerprint density at radius 3 is 2.41 bits per heavy atom. The van der Waals surface area contributed by atoms with Crippen molar-refractivity contribution in [2.45, 2.75) is 51.9 Å². The molecular formula is C16H31N3O3. The van der Waals surface area contributed by atoms with Gasteiger partial charge in [0.05, 0.1) is 0 Å². The number of likely N-dealkylation sites (tertiary alicyclic amines) is 1. The predicted octanol–water partition coefficient (Wildman–Crippen LogP) is 2.15. The number of hydrogen-bond donors (Lipinski definition) is 2. The molecule has 0 bridgehead atoms. The summed E-state index contributed by atoms with van der Waals surface area (Å²) in [6, 6.07) is -0.0675. The monoisotopic (exact) mass is 313 g/mol. The summed E-state index contributed by atoms with van der Waals surface area (Å²) in [6.07, 6.45) is 6.67. The van der Waals surface area contributed by atoms with Crippen LogP contribution in [0.4, 0.5) is 4.79 Å². The summed E-state index contributed by atoms with van der Waals surface area (Å²) in [4.78, 5) is 26.9. The van der Waals surface area contributed by atoms with E-state index < -0.39 is 5.97 Å². The maximum atomic E-state index is 12.2. The second-order valence-corrected chi connectivity index (χ2v) is 5.97. The van der Waals surface area contributed by atoms with Gasteiger partial charge in [0.25, 0.3) is 0 Å². The predicted molar refractivity (Wildman–Crippen MR) is 87.0 cm³/mol. The molecule has 0 aromatic heterocycles. The maximum Gasteiger partial charge on any atom is 0.317 e. The Kier molecular flexibility index (Phi) is 9.62. The first kappa shape index (κ1) is 18.7. The van der Waals surface area contributed by atoms with Gasteiger partial charge in [-0.1, -0.05) is 19.8 Å². The van der Waals surface area contributed by atoms with E-state index in [2.05, 4.69) is 17.1 Å². The first-order valence-electron chi connectivity index (χ1n) is 8.60. The van der Waals surface area contributed by atoms with Crippen LogP contribution in [0.5, 0.6) is 0 Å². The van der Waals surface area contributed by atoms with E-state index >= 15 is 0 Å². The van der Waals surface area contributed by atoms with Crippen LogP contribution in [-0.4, -0.2) is 66.2 Å². The molecule has 1 rings (SSSR count). The molecule has 0 atom stereocenters. The van der Waals surface area contributed by atoms with E-state index in [1.807, 2.05) is 4.90 Å². The topological polar surface area (TPSA) is 72.9 Å². The van der Waals surface area contributed by atoms with Crippen molar-refractivity contribution in [2.75, 3.05) is 39.3 Å². The number of hydrogen-bond acceptors (Lipinski definition) is 3. The molecule has 0 saturated carbocycles. The van der Waals surface area contributed by atoms with Crippen LogP contribution in [0.15, 0.2) is 0 Å². The first-order chi connectivity index (χ1) is 10.6. The SMILES string of the molecule is CCCN(CCN1CCCCCC1)C(=O)NCCCC(=O)O. The lowest BCUT2D eigenvalue weighted by Gasteiger charge is -2.27. The van der Waals surface area contributed by atoms with Crippen molar-refractivity contribution in [3.8, 4) is 0 Å². The van der Waals surface area contributed by atoms with E-state index in [1.54, 1.807) is 0 Å². The van der Waals surface area contributed by atoms with Gasteiger partial charge in [-0.25, -0.2) is 4.79 Å². The van der Waals surface area contributed by atoms with Crippen LogP contribution in [-0.2, 0) is 4.79 Å². The Morgan fingerprint density at radius 1 is 1.14 bits per heavy atom. The first-order valence-corrected chi connectivity index (χ1v) is 8.60. The lowest BCUT2D eigenvalue weighted by Crippen LogP contribution is -2.44. The normalized spacial score (nSPS) is 16.0. The highest BCUT2D eigenvalue weighted by atomic mass is 16.4. The summed E-state index contributed by atoms with van der Waals surface area (Å²) >= 11 is 0. The molecule has 6 heteroatoms. The fraction of sp³-hybridized carbons (Fsp3) is 0.875. The zero-order chi connectivity index (χ0) is 16.2. The molecule has 0 aromatic rings. The highest BCUT2D eigenvalue weighted by molar-refractivity contribution is 5.74. The number of carbonyl (C=O) groups excluding carboxylic acids is 1. The summed E-state index contributed by atoms with van der Waals surface area (Å²) in [6.45, 7) is 7.20. The molecule has 22 heavy (non-hydrogen) atoms. The molecule has 0 spiro atoms. The van der Waals surface area contributed by atoms with Gasteiger partial charge in [0.2, 0.25) is 0 Å². The largest absolute Gasteiger partial charge is 0.481 e. The number of nitrogens with zero attached hydrogens (tertiary/aromatic N) is 2. The molecule has 128 valence electrons. The number of carbonyl (C=O) groups is 2. The molecule has 1 fully saturated rings. The van der Waals surface area contributed by atoms with Crippen LogP contribution < -0.4 is 5.32 Å². The minimum absolute atomic E-state index is 0.0675. The van der Waals surface area contributed by atoms with Crippen molar-refractivity contribution in [3.05, 3.63) is 0 Å². The van der Waals surface area contributed by atoms with Crippen molar-refractivity contribution in [1.29, 1.82) is 0 Å². The molecule has 1 aliphatic rings. The van der Waals surface area contributed by atoms with Gasteiger partial charge < -0.3 is 20.2 Å². The van der Waals surface area contributed by atoms with Gasteiger partial charge in [-0.2, -0.15) is 0 Å². The van der Waals surface area contributed by atoms with E-state index in [9.17, 15) is 9.59 Å². The molecule has 1 heterocycles. The Bertz CT molecular complexity index is 329. The smallest absolute Gasteiger partial charge is 0.317 e. The van der Waals surface area contributed by atoms with Gasteiger partial charge in [-0.15, -0.1) is 0 Å². The second kappa shape index (κ2) is 11.3. The third-order valence-corrected chi connectivity index (χ3v) is 4.01. The fourth-order valence-electron chi connectivity index (χ4n) is 2.75. The van der Waals surface area contributed by atoms with Crippen molar-refractivity contribution in [1.82, 2.24) is 15.1 Å². The number of carboxylic acid groups (broad SMARTS) is 1. The van der Waals surface area contributed by atoms with Gasteiger partial charge in [0.1, 0.15) is 0 Å². The van der Waals surface area contributed by atoms with Gasteiger partial charge >= 0.3 is 12.0 Å². The van der Waals surface area contributed by atoms with E-state index in [0.29, 0.717) is 13.0 Å². The van der Waals surface area contributed by atoms with Crippen LogP contribution in [0, 0.1) is 0 Å². The van der Waals surface area contributed by atoms with E-state index in [1.165, 1.54) is 25.7 Å². The lowest BCUT2D eigenvalue weighted by molar-refractivity contribution is -0.137. The number of carboxylic acids is 1. The summed E-state index contributed by atoms with van der Waals surface area (Å²) in [5.74, 6) is -0.819. The average molecular weight is 313 g/mol. The molecular weight excluding hydrogens is 282 g/mol. The zero-order valence-corrected chi connectivity index (χ0v) is 13.9. The van der Waals surface area contributed by atoms with Crippen LogP contribution in [0.1, 0.15) is 51.9 Å². The minimum atomic E-state index is -0.819. The average Bonchev–Trinajstić information content (AvgIpc) is 2.76. The highest BCUT2D eigenvalue weighted by Gasteiger charge is 2.15. The molecule has 0 aliphatic carbocycles. The Balaban J connectivity index is 2.29. The molecule has 6 nitrogen and oxygen atoms in total. The Labute approximate surface area is 133 Å². The van der Waals surface area contributed by atoms with Crippen molar-refractivity contribution in [2.24, 2.45) is 0 Å². The van der Waals surface area contributed by atoms with E-state index in [-0.39, 0.29) is 12.5 Å². The highest BCUT2D eigenvalue weighted by Crippen LogP contribution is 2.09. The standard InChI is InChI=1S/C16H31N3O3/c1-2-10-19(16(22)17-9-7-8-15(20)21)14-13-18-11-5-3-4-6-12-18/h2-14H2,1H3,(H,17,22)(H,20,21). The van der Waals surface area contributed by atoms with Crippen LogP contribution in [0.25, 0.3) is 0 Å². The number of nitrogens with one attached hydrogen (secondary N) is 1. The van der Waals surface area contributed by atoms with Crippen molar-refractivity contribution < 1.29 is 14.7 Å². The molecule has 1 aliphatic heterocycles. The van der Waals surface area contributed by atoms with Crippen LogP contribution in [0.2, 0.25) is 0 Å². The second-order valence-electron chi connectivity index (χ2n) is 5.97. The van der Waals surface area contributed by atoms with Gasteiger partial charge in [-0.3, -0.25) is 4.79 Å². The number of urea groups is 1. The van der Waals surface area contributed by atoms with Gasteiger partial charge in [0, 0.05) is 32.6 Å². The maximum absolute atomic E-state index is 12.2. The molecule has 1 saturated heterocycles. The van der Waals surface area contributed by atoms with Gasteiger partial charge in [-0.05, 0) is 38.8 Å². The Morgan fingerprint density at radius 2 is 1.82 bits per heavy atom. The summed E-state index contributed by atoms with van der Waals surface area (Å²) in [7, 11) is 0. The number of rotatable bonds is 9. The van der Waals surface area contributed by atoms with Crippen LogP contribution in [0.3, 0.4) is 0 Å². The molecule has 0 radical (unpaired) electrons. The lowest BCUT2D eigenvalue weighted by atomic mass is 10.2. The number of aliphatic carboxylic acids is 1. The van der Waals surface area contributed by atoms with Crippen LogP contribution >= 0.6 is 0 Å². The summed E-state index contributed by atoms with van der Waals surface area (Å²) in [5.41, 5.74) is 0. The minimum Gasteiger partial charge on any atom is -0.481 e. The quantitative estimate of drug-likeness (QED) is 0.640. The fourth-order valence-corrected chi connectivity index (χ4v) is 2.75. The summed E-state index contributed by atoms with van der Waals surface area (Å²) in [5, 5.41) is 11.4. The molecule has 2 amide bonds. The Hall–Kier alpha value is -1.30. The molecule has 0 unspecified atom stereocenters. The van der Waals surface area contributed by atoms with Crippen molar-refractivity contribution in [3.63, 3.8) is 0 Å². The molecule has 0 aromatic carbocycles. The third-order valence-electron chi connectivity index (χ3n) is 4.01. The summed E-state index contributed by atoms with van der Waals surface area (Å²) < 4.78 is 0. The van der Waals surface area contributed by atoms with E-state index in [4.69, 9.17) is 5.11 Å². The van der Waals surface area contributed by atoms with E-state index in [0.717, 1.165) is 39.1 Å². The molecule has 2 N–H and O–H groups in total. The van der Waals surface area contributed by atoms with Crippen molar-refractivity contribution >= 4 is 12.0 Å².